The summed E-state index contributed by atoms with van der Waals surface area (Å²) in [7, 11) is 3.67. The van der Waals surface area contributed by atoms with Crippen molar-refractivity contribution in [1.29, 1.82) is 0 Å². The zero-order valence-electron chi connectivity index (χ0n) is 10.5. The Bertz CT molecular complexity index is 566. The average Bonchev–Trinajstić information content (AvgIpc) is 2.78. The lowest BCUT2D eigenvalue weighted by Crippen LogP contribution is -2.05. The first-order valence-electron chi connectivity index (χ1n) is 5.82. The molecule has 0 bridgehead atoms. The number of aryl methyl sites for hydroxylation is 3. The number of fused-ring (bicyclic) bond motifs is 1. The predicted molar refractivity (Wildman–Crippen MR) is 69.8 cm³/mol. The first-order chi connectivity index (χ1) is 8.19. The van der Waals surface area contributed by atoms with Crippen LogP contribution in [0.4, 0.5) is 0 Å². The van der Waals surface area contributed by atoms with Gasteiger partial charge in [-0.15, -0.1) is 0 Å². The van der Waals surface area contributed by atoms with Gasteiger partial charge in [0.2, 0.25) is 0 Å². The van der Waals surface area contributed by atoms with Crippen LogP contribution in [-0.2, 0) is 24.8 Å². The Labute approximate surface area is 105 Å². The molecule has 2 rings (SSSR count). The van der Waals surface area contributed by atoms with Gasteiger partial charge in [-0.1, -0.05) is 6.92 Å². The van der Waals surface area contributed by atoms with Crippen LogP contribution in [0.15, 0.2) is 0 Å². The predicted octanol–water partition coefficient (Wildman–Crippen LogP) is 2.03. The van der Waals surface area contributed by atoms with E-state index in [0.717, 1.165) is 47.6 Å². The van der Waals surface area contributed by atoms with E-state index in [1.807, 2.05) is 11.7 Å². The zero-order chi connectivity index (χ0) is 12.4. The first kappa shape index (κ1) is 12.3. The van der Waals surface area contributed by atoms with Crippen LogP contribution in [0, 0.1) is 4.77 Å². The fraction of sp³-hybridized carbons (Fsp3) is 0.636. The van der Waals surface area contributed by atoms with E-state index in [-0.39, 0.29) is 0 Å². The number of aromatic amines is 1. The van der Waals surface area contributed by atoms with Crippen LogP contribution >= 0.6 is 12.2 Å². The summed E-state index contributed by atoms with van der Waals surface area (Å²) < 4.78 is 9.82. The average molecular weight is 254 g/mol. The lowest BCUT2D eigenvalue weighted by molar-refractivity contribution is 0.190. The maximum atomic E-state index is 5.35. The topological polar surface area (TPSA) is 47.8 Å². The summed E-state index contributed by atoms with van der Waals surface area (Å²) in [5, 5.41) is 4.49. The molecule has 2 aromatic heterocycles. The van der Waals surface area contributed by atoms with Gasteiger partial charge in [-0.25, -0.2) is 0 Å². The summed E-state index contributed by atoms with van der Waals surface area (Å²) in [4.78, 5) is 3.25. The second-order valence-corrected chi connectivity index (χ2v) is 4.44. The highest BCUT2D eigenvalue weighted by Gasteiger charge is 2.13. The van der Waals surface area contributed by atoms with Crippen LogP contribution in [0.5, 0.6) is 0 Å². The minimum atomic E-state index is 0.743. The number of ether oxygens (including phenoxy) is 1. The molecule has 6 heteroatoms. The Morgan fingerprint density at radius 3 is 2.88 bits per heavy atom. The SMILES string of the molecule is CCc1nn(C)c2c1[nH]c(=S)n2CCCOC. The van der Waals surface area contributed by atoms with Gasteiger partial charge in [0, 0.05) is 27.3 Å². The number of imidazole rings is 1. The summed E-state index contributed by atoms with van der Waals surface area (Å²) in [6.45, 7) is 3.70. The molecule has 94 valence electrons. The maximum Gasteiger partial charge on any atom is 0.179 e. The van der Waals surface area contributed by atoms with Gasteiger partial charge in [0.1, 0.15) is 5.52 Å². The third-order valence-electron chi connectivity index (χ3n) is 2.89. The van der Waals surface area contributed by atoms with Gasteiger partial charge in [0.15, 0.2) is 10.4 Å². The third-order valence-corrected chi connectivity index (χ3v) is 3.21. The lowest BCUT2D eigenvalue weighted by atomic mass is 10.3. The Morgan fingerprint density at radius 1 is 1.47 bits per heavy atom. The lowest BCUT2D eigenvalue weighted by Gasteiger charge is -2.03. The van der Waals surface area contributed by atoms with Crippen molar-refractivity contribution in [3.8, 4) is 0 Å². The van der Waals surface area contributed by atoms with Crippen molar-refractivity contribution >= 4 is 23.4 Å². The molecule has 0 aliphatic heterocycles. The first-order valence-corrected chi connectivity index (χ1v) is 6.23. The summed E-state index contributed by atoms with van der Waals surface area (Å²) in [6, 6.07) is 0. The van der Waals surface area contributed by atoms with E-state index in [9.17, 15) is 0 Å². The minimum Gasteiger partial charge on any atom is -0.385 e. The van der Waals surface area contributed by atoms with Gasteiger partial charge in [-0.2, -0.15) is 5.10 Å². The van der Waals surface area contributed by atoms with Gasteiger partial charge >= 0.3 is 0 Å². The number of nitrogens with one attached hydrogen (secondary N) is 1. The van der Waals surface area contributed by atoms with Crippen molar-refractivity contribution in [2.45, 2.75) is 26.3 Å². The Morgan fingerprint density at radius 2 is 2.24 bits per heavy atom. The largest absolute Gasteiger partial charge is 0.385 e. The van der Waals surface area contributed by atoms with Crippen molar-refractivity contribution in [3.05, 3.63) is 10.5 Å². The van der Waals surface area contributed by atoms with Crippen LogP contribution in [0.3, 0.4) is 0 Å². The molecule has 0 saturated carbocycles. The van der Waals surface area contributed by atoms with Crippen LogP contribution in [0.2, 0.25) is 0 Å². The number of H-pyrrole nitrogens is 1. The maximum absolute atomic E-state index is 5.35. The molecule has 0 radical (unpaired) electrons. The van der Waals surface area contributed by atoms with E-state index >= 15 is 0 Å². The Hall–Kier alpha value is -1.14. The molecule has 0 atom stereocenters. The molecule has 1 N–H and O–H groups in total. The number of aromatic nitrogens is 4. The molecule has 0 aliphatic rings. The van der Waals surface area contributed by atoms with Crippen molar-refractivity contribution in [3.63, 3.8) is 0 Å². The third kappa shape index (κ3) is 2.14. The van der Waals surface area contributed by atoms with Gasteiger partial charge < -0.3 is 14.3 Å². The molecular weight excluding hydrogens is 236 g/mol. The fourth-order valence-electron chi connectivity index (χ4n) is 2.10. The molecule has 2 aromatic rings. The van der Waals surface area contributed by atoms with Crippen LogP contribution in [-0.4, -0.2) is 33.0 Å². The minimum absolute atomic E-state index is 0.743. The zero-order valence-corrected chi connectivity index (χ0v) is 11.3. The summed E-state index contributed by atoms with van der Waals surface area (Å²) in [5.74, 6) is 0. The highest BCUT2D eigenvalue weighted by atomic mass is 32.1. The van der Waals surface area contributed by atoms with Crippen molar-refractivity contribution in [2.24, 2.45) is 7.05 Å². The molecule has 0 unspecified atom stereocenters. The van der Waals surface area contributed by atoms with Crippen molar-refractivity contribution in [1.82, 2.24) is 19.3 Å². The van der Waals surface area contributed by atoms with Crippen LogP contribution in [0.1, 0.15) is 19.0 Å². The number of nitrogens with zero attached hydrogens (tertiary/aromatic N) is 3. The highest BCUT2D eigenvalue weighted by Crippen LogP contribution is 2.18. The molecule has 0 saturated heterocycles. The van der Waals surface area contributed by atoms with Gasteiger partial charge in [0.25, 0.3) is 0 Å². The van der Waals surface area contributed by atoms with E-state index in [4.69, 9.17) is 17.0 Å². The van der Waals surface area contributed by atoms with Gasteiger partial charge in [-0.05, 0) is 25.1 Å². The Balaban J connectivity index is 2.44. The fourth-order valence-corrected chi connectivity index (χ4v) is 2.38. The number of hydrogen-bond donors (Lipinski definition) is 1. The standard InChI is InChI=1S/C11H18N4OS/c1-4-8-9-10(14(2)13-8)15(11(17)12-9)6-5-7-16-3/h4-7H2,1-3H3,(H,12,17). The molecule has 0 amide bonds. The molecular formula is C11H18N4OS. The molecule has 2 heterocycles. The number of rotatable bonds is 5. The van der Waals surface area contributed by atoms with E-state index in [0.29, 0.717) is 0 Å². The van der Waals surface area contributed by atoms with Gasteiger partial charge in [0.05, 0.1) is 5.69 Å². The normalized spacial score (nSPS) is 11.5. The monoisotopic (exact) mass is 254 g/mol. The van der Waals surface area contributed by atoms with E-state index < -0.39 is 0 Å². The molecule has 0 spiro atoms. The number of methoxy groups -OCH3 is 1. The van der Waals surface area contributed by atoms with E-state index in [1.54, 1.807) is 7.11 Å². The molecule has 0 fully saturated rings. The van der Waals surface area contributed by atoms with E-state index in [1.165, 1.54) is 0 Å². The summed E-state index contributed by atoms with van der Waals surface area (Å²) in [6.07, 6.45) is 1.86. The van der Waals surface area contributed by atoms with Crippen LogP contribution < -0.4 is 0 Å². The highest BCUT2D eigenvalue weighted by molar-refractivity contribution is 7.71. The second-order valence-electron chi connectivity index (χ2n) is 4.05. The number of hydrogen-bond acceptors (Lipinski definition) is 3. The van der Waals surface area contributed by atoms with Crippen molar-refractivity contribution in [2.75, 3.05) is 13.7 Å². The molecule has 0 aliphatic carbocycles. The molecule has 5 nitrogen and oxygen atoms in total. The van der Waals surface area contributed by atoms with Gasteiger partial charge in [-0.3, -0.25) is 4.68 Å². The van der Waals surface area contributed by atoms with E-state index in [2.05, 4.69) is 21.6 Å². The molecule has 17 heavy (non-hydrogen) atoms. The Kier molecular flexibility index (Phi) is 3.63. The smallest absolute Gasteiger partial charge is 0.179 e. The molecule has 0 aromatic carbocycles. The second kappa shape index (κ2) is 5.01. The quantitative estimate of drug-likeness (QED) is 0.656. The van der Waals surface area contributed by atoms with Crippen LogP contribution in [0.25, 0.3) is 11.2 Å². The summed E-state index contributed by atoms with van der Waals surface area (Å²) >= 11 is 5.35. The van der Waals surface area contributed by atoms with Crippen molar-refractivity contribution < 1.29 is 4.74 Å². The summed E-state index contributed by atoms with van der Waals surface area (Å²) in [5.41, 5.74) is 3.21.